The maximum atomic E-state index is 5.40. The van der Waals surface area contributed by atoms with Gasteiger partial charge in [-0.15, -0.1) is 0 Å². The first-order valence-corrected chi connectivity index (χ1v) is 9.78. The Balaban J connectivity index is 0.000000133. The van der Waals surface area contributed by atoms with E-state index >= 15 is 0 Å². The van der Waals surface area contributed by atoms with Gasteiger partial charge in [-0.2, -0.15) is 0 Å². The van der Waals surface area contributed by atoms with E-state index in [4.69, 9.17) is 4.74 Å². The van der Waals surface area contributed by atoms with Crippen LogP contribution in [0.1, 0.15) is 66.2 Å². The minimum absolute atomic E-state index is 0.617. The Morgan fingerprint density at radius 1 is 0.955 bits per heavy atom. The van der Waals surface area contributed by atoms with Crippen molar-refractivity contribution < 1.29 is 4.74 Å². The number of rotatable bonds is 2. The molecule has 3 aliphatic heterocycles. The number of fused-ring (bicyclic) bond motifs is 2. The summed E-state index contributed by atoms with van der Waals surface area (Å²) in [4.78, 5) is 2.61. The van der Waals surface area contributed by atoms with Crippen molar-refractivity contribution in [2.45, 2.75) is 66.2 Å². The first kappa shape index (κ1) is 16.8. The molecule has 1 unspecified atom stereocenters. The smallest absolute Gasteiger partial charge is 0.0547 e. The Labute approximate surface area is 138 Å². The summed E-state index contributed by atoms with van der Waals surface area (Å²) in [5.74, 6) is 2.70. The highest BCUT2D eigenvalue weighted by Crippen LogP contribution is 2.49. The van der Waals surface area contributed by atoms with Gasteiger partial charge in [0.1, 0.15) is 0 Å². The van der Waals surface area contributed by atoms with Crippen LogP contribution in [0.2, 0.25) is 0 Å². The van der Waals surface area contributed by atoms with Crippen molar-refractivity contribution in [1.82, 2.24) is 4.90 Å². The number of hydrogen-bond acceptors (Lipinski definition) is 2. The van der Waals surface area contributed by atoms with E-state index in [1.54, 1.807) is 0 Å². The maximum Gasteiger partial charge on any atom is 0.0547 e. The molecule has 3 saturated heterocycles. The molecule has 1 atom stereocenters. The molecular weight excluding hydrogens is 270 g/mol. The molecule has 128 valence electrons. The lowest BCUT2D eigenvalue weighted by molar-refractivity contribution is -0.171. The van der Waals surface area contributed by atoms with E-state index in [2.05, 4.69) is 32.6 Å². The largest absolute Gasteiger partial charge is 0.380 e. The molecule has 4 rings (SSSR count). The van der Waals surface area contributed by atoms with Crippen LogP contribution in [0.5, 0.6) is 0 Å². The zero-order valence-corrected chi connectivity index (χ0v) is 15.4. The average Bonchev–Trinajstić information content (AvgIpc) is 3.08. The Morgan fingerprint density at radius 3 is 1.95 bits per heavy atom. The number of hydrogen-bond donors (Lipinski definition) is 0. The zero-order valence-electron chi connectivity index (χ0n) is 15.4. The Hall–Kier alpha value is -0.0800. The van der Waals surface area contributed by atoms with Crippen LogP contribution in [0.15, 0.2) is 0 Å². The standard InChI is InChI=1S/C11H20O.C9H17N/c1-9(2)10-5-3-4-6-11(10)7-12-8-11;1-8(2)9-3-5-10(7-9)6-4-9/h9-10H,3-8H2,1-2H3;8H,3-7H2,1-2H3. The van der Waals surface area contributed by atoms with Crippen LogP contribution in [0.25, 0.3) is 0 Å². The molecule has 0 aromatic carbocycles. The number of nitrogens with zero attached hydrogens (tertiary/aromatic N) is 1. The van der Waals surface area contributed by atoms with E-state index < -0.39 is 0 Å². The molecule has 0 aromatic rings. The second-order valence-electron chi connectivity index (χ2n) is 9.24. The van der Waals surface area contributed by atoms with E-state index in [1.807, 2.05) is 0 Å². The third-order valence-electron chi connectivity index (χ3n) is 7.43. The average molecular weight is 308 g/mol. The summed E-state index contributed by atoms with van der Waals surface area (Å²) in [5.41, 5.74) is 1.35. The van der Waals surface area contributed by atoms with Gasteiger partial charge in [-0.05, 0) is 61.9 Å². The van der Waals surface area contributed by atoms with E-state index in [9.17, 15) is 0 Å². The van der Waals surface area contributed by atoms with E-state index in [1.165, 1.54) is 58.2 Å². The molecule has 2 nitrogen and oxygen atoms in total. The normalized spacial score (nSPS) is 39.0. The second-order valence-corrected chi connectivity index (χ2v) is 9.24. The van der Waals surface area contributed by atoms with Crippen molar-refractivity contribution in [2.75, 3.05) is 32.8 Å². The van der Waals surface area contributed by atoms with Crippen LogP contribution >= 0.6 is 0 Å². The highest BCUT2D eigenvalue weighted by Gasteiger charge is 2.47. The van der Waals surface area contributed by atoms with Gasteiger partial charge in [0.15, 0.2) is 0 Å². The first-order chi connectivity index (χ1) is 10.5. The summed E-state index contributed by atoms with van der Waals surface area (Å²) in [6.45, 7) is 15.8. The highest BCUT2D eigenvalue weighted by molar-refractivity contribution is 4.98. The molecule has 0 aromatic heterocycles. The van der Waals surface area contributed by atoms with E-state index in [-0.39, 0.29) is 0 Å². The fourth-order valence-electron chi connectivity index (χ4n) is 5.62. The summed E-state index contributed by atoms with van der Waals surface area (Å²) >= 11 is 0. The molecule has 2 heteroatoms. The SMILES string of the molecule is CC(C)C12CCN(CC1)C2.CC(C)C1CCCCC12COC2. The third-order valence-corrected chi connectivity index (χ3v) is 7.43. The quantitative estimate of drug-likeness (QED) is 0.740. The van der Waals surface area contributed by atoms with Crippen LogP contribution in [-0.2, 0) is 4.74 Å². The summed E-state index contributed by atoms with van der Waals surface area (Å²) < 4.78 is 5.40. The van der Waals surface area contributed by atoms with E-state index in [0.717, 1.165) is 36.4 Å². The van der Waals surface area contributed by atoms with Gasteiger partial charge in [0.25, 0.3) is 0 Å². The molecule has 1 saturated carbocycles. The lowest BCUT2D eigenvalue weighted by atomic mass is 9.61. The highest BCUT2D eigenvalue weighted by atomic mass is 16.5. The van der Waals surface area contributed by atoms with Gasteiger partial charge in [0.2, 0.25) is 0 Å². The lowest BCUT2D eigenvalue weighted by Crippen LogP contribution is -2.51. The van der Waals surface area contributed by atoms with Crippen LogP contribution < -0.4 is 0 Å². The van der Waals surface area contributed by atoms with Crippen LogP contribution in [0.4, 0.5) is 0 Å². The summed E-state index contributed by atoms with van der Waals surface area (Å²) in [5, 5.41) is 0. The Kier molecular flexibility index (Phi) is 4.90. The van der Waals surface area contributed by atoms with Crippen molar-refractivity contribution in [3.63, 3.8) is 0 Å². The van der Waals surface area contributed by atoms with Gasteiger partial charge in [-0.3, -0.25) is 0 Å². The van der Waals surface area contributed by atoms with Crippen molar-refractivity contribution in [2.24, 2.45) is 28.6 Å². The minimum Gasteiger partial charge on any atom is -0.380 e. The van der Waals surface area contributed by atoms with Crippen LogP contribution in [0, 0.1) is 28.6 Å². The van der Waals surface area contributed by atoms with Crippen LogP contribution in [0.3, 0.4) is 0 Å². The van der Waals surface area contributed by atoms with Gasteiger partial charge >= 0.3 is 0 Å². The van der Waals surface area contributed by atoms with Crippen molar-refractivity contribution in [1.29, 1.82) is 0 Å². The second kappa shape index (κ2) is 6.43. The van der Waals surface area contributed by atoms with Crippen LogP contribution in [-0.4, -0.2) is 37.7 Å². The minimum atomic E-state index is 0.617. The zero-order chi connectivity index (χ0) is 15.8. The van der Waals surface area contributed by atoms with E-state index in [0.29, 0.717) is 5.41 Å². The maximum absolute atomic E-state index is 5.40. The Morgan fingerprint density at radius 2 is 1.64 bits per heavy atom. The molecule has 22 heavy (non-hydrogen) atoms. The predicted octanol–water partition coefficient (Wildman–Crippen LogP) is 4.59. The predicted molar refractivity (Wildman–Crippen MR) is 93.0 cm³/mol. The van der Waals surface area contributed by atoms with Gasteiger partial charge < -0.3 is 9.64 Å². The topological polar surface area (TPSA) is 12.5 Å². The molecule has 0 N–H and O–H groups in total. The number of piperidine rings is 1. The fourth-order valence-corrected chi connectivity index (χ4v) is 5.62. The summed E-state index contributed by atoms with van der Waals surface area (Å²) in [6.07, 6.45) is 8.68. The van der Waals surface area contributed by atoms with Crippen molar-refractivity contribution in [3.05, 3.63) is 0 Å². The van der Waals surface area contributed by atoms with Gasteiger partial charge in [0, 0.05) is 12.0 Å². The summed E-state index contributed by atoms with van der Waals surface area (Å²) in [6, 6.07) is 0. The molecule has 2 bridgehead atoms. The van der Waals surface area contributed by atoms with Gasteiger partial charge in [0.05, 0.1) is 13.2 Å². The Bertz CT molecular complexity index is 364. The molecule has 1 spiro atoms. The first-order valence-electron chi connectivity index (χ1n) is 9.78. The molecule has 3 heterocycles. The molecule has 0 radical (unpaired) electrons. The summed E-state index contributed by atoms with van der Waals surface area (Å²) in [7, 11) is 0. The molecule has 4 fully saturated rings. The fraction of sp³-hybridized carbons (Fsp3) is 1.00. The number of ether oxygens (including phenoxy) is 1. The molecular formula is C20H37NO. The molecule has 0 amide bonds. The van der Waals surface area contributed by atoms with Gasteiger partial charge in [-0.1, -0.05) is 40.5 Å². The van der Waals surface area contributed by atoms with Gasteiger partial charge in [-0.25, -0.2) is 0 Å². The van der Waals surface area contributed by atoms with Crippen molar-refractivity contribution in [3.8, 4) is 0 Å². The lowest BCUT2D eigenvalue weighted by Gasteiger charge is -2.51. The molecule has 1 aliphatic carbocycles. The monoisotopic (exact) mass is 307 g/mol. The third kappa shape index (κ3) is 2.98. The molecule has 4 aliphatic rings. The van der Waals surface area contributed by atoms with Crippen molar-refractivity contribution >= 4 is 0 Å².